The minimum Gasteiger partial charge on any atom is -0.508 e. The molecule has 1 rings (SSSR count). The van der Waals surface area contributed by atoms with Crippen molar-refractivity contribution in [1.82, 2.24) is 0 Å². The van der Waals surface area contributed by atoms with Gasteiger partial charge < -0.3 is 20.4 Å². The molecule has 4 nitrogen and oxygen atoms in total. The van der Waals surface area contributed by atoms with E-state index in [0.717, 1.165) is 10.0 Å². The number of aliphatic hydroxyl groups excluding tert-OH is 3. The lowest BCUT2D eigenvalue weighted by Crippen LogP contribution is -2.12. The molecule has 0 heterocycles. The van der Waals surface area contributed by atoms with Gasteiger partial charge >= 0.3 is 0 Å². The Morgan fingerprint density at radius 1 is 1.38 bits per heavy atom. The Bertz CT molecular complexity index is 521. The number of phenolic OH excluding ortho intramolecular Hbond substituents is 1. The van der Waals surface area contributed by atoms with Crippen molar-refractivity contribution in [3.63, 3.8) is 0 Å². The van der Waals surface area contributed by atoms with Crippen LogP contribution in [0.15, 0.2) is 40.1 Å². The molecule has 0 saturated carbocycles. The molecule has 1 aromatic rings. The fourth-order valence-corrected chi connectivity index (χ4v) is 2.27. The molecule has 21 heavy (non-hydrogen) atoms. The van der Waals surface area contributed by atoms with E-state index in [0.29, 0.717) is 24.8 Å². The van der Waals surface area contributed by atoms with Crippen molar-refractivity contribution in [3.8, 4) is 5.75 Å². The average molecular weight is 357 g/mol. The molecule has 0 bridgehead atoms. The van der Waals surface area contributed by atoms with Gasteiger partial charge in [-0.2, -0.15) is 0 Å². The summed E-state index contributed by atoms with van der Waals surface area (Å²) in [7, 11) is 0. The van der Waals surface area contributed by atoms with Crippen molar-refractivity contribution < 1.29 is 20.4 Å². The minimum atomic E-state index is -0.823. The summed E-state index contributed by atoms with van der Waals surface area (Å²) >= 11 is 3.30. The Balaban J connectivity index is 2.75. The molecule has 2 atom stereocenters. The highest BCUT2D eigenvalue weighted by atomic mass is 79.9. The van der Waals surface area contributed by atoms with Crippen LogP contribution in [-0.4, -0.2) is 33.1 Å². The van der Waals surface area contributed by atoms with Crippen LogP contribution in [0.25, 0.3) is 0 Å². The molecule has 4 N–H and O–H groups in total. The molecule has 1 aromatic carbocycles. The second-order valence-electron chi connectivity index (χ2n) is 4.80. The van der Waals surface area contributed by atoms with Gasteiger partial charge in [0.05, 0.1) is 18.8 Å². The monoisotopic (exact) mass is 356 g/mol. The summed E-state index contributed by atoms with van der Waals surface area (Å²) < 4.78 is 0.786. The van der Waals surface area contributed by atoms with Crippen molar-refractivity contribution in [2.24, 2.45) is 0 Å². The maximum absolute atomic E-state index is 10.1. The highest BCUT2D eigenvalue weighted by Gasteiger charge is 2.11. The molecule has 5 heteroatoms. The lowest BCUT2D eigenvalue weighted by atomic mass is 10.0. The Morgan fingerprint density at radius 2 is 2.10 bits per heavy atom. The van der Waals surface area contributed by atoms with Gasteiger partial charge in [0.1, 0.15) is 5.75 Å². The first-order chi connectivity index (χ1) is 9.97. The van der Waals surface area contributed by atoms with Crippen molar-refractivity contribution in [3.05, 3.63) is 45.6 Å². The normalized spacial score (nSPS) is 13.4. The van der Waals surface area contributed by atoms with E-state index < -0.39 is 12.2 Å². The summed E-state index contributed by atoms with van der Waals surface area (Å²) in [6, 6.07) is 4.90. The predicted octanol–water partition coefficient (Wildman–Crippen LogP) is 2.81. The van der Waals surface area contributed by atoms with E-state index in [1.165, 1.54) is 6.07 Å². The Labute approximate surface area is 133 Å². The van der Waals surface area contributed by atoms with Crippen LogP contribution >= 0.6 is 15.9 Å². The second-order valence-corrected chi connectivity index (χ2v) is 5.72. The van der Waals surface area contributed by atoms with Crippen LogP contribution in [0, 0.1) is 0 Å². The number of rotatable bonds is 7. The predicted molar refractivity (Wildman–Crippen MR) is 85.0 cm³/mol. The van der Waals surface area contributed by atoms with Gasteiger partial charge in [-0.1, -0.05) is 22.9 Å². The minimum absolute atomic E-state index is 0.0505. The first kappa shape index (κ1) is 18.0. The molecule has 0 radical (unpaired) electrons. The third kappa shape index (κ3) is 6.04. The molecular weight excluding hydrogens is 336 g/mol. The SMILES string of the molecule is CCC(=C=CC[C@@H](O)c1cc(Br)ccc1O)C[C@@H](O)CO. The van der Waals surface area contributed by atoms with Gasteiger partial charge in [0.15, 0.2) is 0 Å². The van der Waals surface area contributed by atoms with E-state index in [-0.39, 0.29) is 12.4 Å². The summed E-state index contributed by atoms with van der Waals surface area (Å²) in [6.07, 6.45) is 1.47. The van der Waals surface area contributed by atoms with Gasteiger partial charge in [0, 0.05) is 22.9 Å². The molecule has 0 aliphatic rings. The molecular formula is C16H21BrO4. The number of aliphatic hydroxyl groups is 3. The van der Waals surface area contributed by atoms with Crippen molar-refractivity contribution in [2.45, 2.75) is 38.4 Å². The van der Waals surface area contributed by atoms with Crippen LogP contribution in [0.2, 0.25) is 0 Å². The lowest BCUT2D eigenvalue weighted by molar-refractivity contribution is 0.0950. The Kier molecular flexibility index (Phi) is 7.72. The van der Waals surface area contributed by atoms with Crippen molar-refractivity contribution >= 4 is 15.9 Å². The standard InChI is InChI=1S/C16H21BrO4/c1-2-11(8-13(19)10-18)4-3-5-15(20)14-9-12(17)6-7-16(14)21/h3,6-7,9,13,15,18-21H,2,5,8,10H2,1H3/t4?,13-,15-/m1/s1. The van der Waals surface area contributed by atoms with E-state index in [1.54, 1.807) is 18.2 Å². The number of aromatic hydroxyl groups is 1. The van der Waals surface area contributed by atoms with E-state index in [1.807, 2.05) is 6.92 Å². The van der Waals surface area contributed by atoms with Gasteiger partial charge in [-0.3, -0.25) is 0 Å². The quantitative estimate of drug-likeness (QED) is 0.566. The number of benzene rings is 1. The van der Waals surface area contributed by atoms with Crippen LogP contribution in [0.4, 0.5) is 0 Å². The van der Waals surface area contributed by atoms with Crippen LogP contribution in [0.1, 0.15) is 37.9 Å². The van der Waals surface area contributed by atoms with E-state index >= 15 is 0 Å². The second kappa shape index (κ2) is 9.03. The maximum atomic E-state index is 10.1. The van der Waals surface area contributed by atoms with Gasteiger partial charge in [-0.15, -0.1) is 5.73 Å². The highest BCUT2D eigenvalue weighted by molar-refractivity contribution is 9.10. The molecule has 0 spiro atoms. The molecule has 0 aromatic heterocycles. The molecule has 0 fully saturated rings. The van der Waals surface area contributed by atoms with E-state index in [2.05, 4.69) is 21.7 Å². The molecule has 0 saturated heterocycles. The molecule has 0 aliphatic carbocycles. The van der Waals surface area contributed by atoms with Gasteiger partial charge in [-0.05, 0) is 36.3 Å². The van der Waals surface area contributed by atoms with Crippen LogP contribution in [-0.2, 0) is 0 Å². The third-order valence-electron chi connectivity index (χ3n) is 3.12. The number of halogens is 1. The van der Waals surface area contributed by atoms with Crippen LogP contribution < -0.4 is 0 Å². The largest absolute Gasteiger partial charge is 0.508 e. The average Bonchev–Trinajstić information content (AvgIpc) is 2.48. The summed E-state index contributed by atoms with van der Waals surface area (Å²) in [6.45, 7) is 1.66. The fraction of sp³-hybridized carbons (Fsp3) is 0.438. The van der Waals surface area contributed by atoms with Crippen LogP contribution in [0.5, 0.6) is 5.75 Å². The summed E-state index contributed by atoms with van der Waals surface area (Å²) in [5.74, 6) is 0.0505. The van der Waals surface area contributed by atoms with Gasteiger partial charge in [0.2, 0.25) is 0 Å². The summed E-state index contributed by atoms with van der Waals surface area (Å²) in [5.41, 5.74) is 4.37. The Morgan fingerprint density at radius 3 is 2.71 bits per heavy atom. The first-order valence-electron chi connectivity index (χ1n) is 6.86. The fourth-order valence-electron chi connectivity index (χ4n) is 1.89. The number of phenols is 1. The highest BCUT2D eigenvalue weighted by Crippen LogP contribution is 2.29. The number of hydrogen-bond donors (Lipinski definition) is 4. The topological polar surface area (TPSA) is 80.9 Å². The van der Waals surface area contributed by atoms with Crippen LogP contribution in [0.3, 0.4) is 0 Å². The first-order valence-corrected chi connectivity index (χ1v) is 7.65. The summed E-state index contributed by atoms with van der Waals surface area (Å²) in [5, 5.41) is 38.0. The zero-order valence-electron chi connectivity index (χ0n) is 12.0. The molecule has 0 unspecified atom stereocenters. The third-order valence-corrected chi connectivity index (χ3v) is 3.61. The molecule has 116 valence electrons. The Hall–Kier alpha value is -1.10. The van der Waals surface area contributed by atoms with Gasteiger partial charge in [0.25, 0.3) is 0 Å². The zero-order valence-corrected chi connectivity index (χ0v) is 13.5. The smallest absolute Gasteiger partial charge is 0.121 e. The van der Waals surface area contributed by atoms with E-state index in [4.69, 9.17) is 5.11 Å². The molecule has 0 amide bonds. The van der Waals surface area contributed by atoms with Crippen molar-refractivity contribution in [2.75, 3.05) is 6.61 Å². The van der Waals surface area contributed by atoms with Gasteiger partial charge in [-0.25, -0.2) is 0 Å². The number of hydrogen-bond acceptors (Lipinski definition) is 4. The van der Waals surface area contributed by atoms with E-state index in [9.17, 15) is 15.3 Å². The summed E-state index contributed by atoms with van der Waals surface area (Å²) in [4.78, 5) is 0. The lowest BCUT2D eigenvalue weighted by Gasteiger charge is -2.11. The molecule has 0 aliphatic heterocycles. The zero-order chi connectivity index (χ0) is 15.8. The maximum Gasteiger partial charge on any atom is 0.121 e. The van der Waals surface area contributed by atoms with Crippen molar-refractivity contribution in [1.29, 1.82) is 0 Å².